The third-order valence-corrected chi connectivity index (χ3v) is 4.94. The van der Waals surface area contributed by atoms with Gasteiger partial charge in [-0.3, -0.25) is 0 Å². The summed E-state index contributed by atoms with van der Waals surface area (Å²) in [5.41, 5.74) is 3.03. The van der Waals surface area contributed by atoms with E-state index in [0.717, 1.165) is 10.8 Å². The number of anilines is 2. The number of rotatable bonds is 8. The molecule has 0 saturated carbocycles. The number of hydrogen-bond donors (Lipinski definition) is 1. The normalized spacial score (nSPS) is 10.3. The molecule has 3 rings (SSSR count). The van der Waals surface area contributed by atoms with Crippen LogP contribution < -0.4 is 19.5 Å². The Morgan fingerprint density at radius 1 is 1.00 bits per heavy atom. The molecule has 1 heterocycles. The maximum absolute atomic E-state index is 12.6. The number of carbonyl (C=O) groups excluding carboxylic acids is 1. The molecule has 0 aliphatic rings. The van der Waals surface area contributed by atoms with E-state index in [1.165, 1.54) is 38.2 Å². The van der Waals surface area contributed by atoms with Crippen molar-refractivity contribution in [3.8, 4) is 17.2 Å². The van der Waals surface area contributed by atoms with Crippen molar-refractivity contribution in [2.24, 2.45) is 0 Å². The minimum absolute atomic E-state index is 0.0441. The van der Waals surface area contributed by atoms with Crippen molar-refractivity contribution in [2.45, 2.75) is 13.5 Å². The number of carbonyl (C=O) groups is 1. The van der Waals surface area contributed by atoms with Gasteiger partial charge in [-0.05, 0) is 31.2 Å². The molecule has 29 heavy (non-hydrogen) atoms. The lowest BCUT2D eigenvalue weighted by Crippen LogP contribution is -2.09. The van der Waals surface area contributed by atoms with Crippen molar-refractivity contribution in [3.63, 3.8) is 0 Å². The lowest BCUT2D eigenvalue weighted by molar-refractivity contribution is 0.0464. The van der Waals surface area contributed by atoms with E-state index in [0.29, 0.717) is 17.2 Å². The zero-order valence-electron chi connectivity index (χ0n) is 16.6. The fourth-order valence-corrected chi connectivity index (χ4v) is 3.39. The lowest BCUT2D eigenvalue weighted by Gasteiger charge is -2.14. The summed E-state index contributed by atoms with van der Waals surface area (Å²) in [6, 6.07) is 11.2. The van der Waals surface area contributed by atoms with Crippen LogP contribution in [-0.2, 0) is 11.3 Å². The highest BCUT2D eigenvalue weighted by atomic mass is 32.1. The van der Waals surface area contributed by atoms with Crippen molar-refractivity contribution in [2.75, 3.05) is 26.6 Å². The van der Waals surface area contributed by atoms with Gasteiger partial charge in [0.05, 0.1) is 27.0 Å². The average molecular weight is 414 g/mol. The molecule has 7 nitrogen and oxygen atoms in total. The third-order valence-electron chi connectivity index (χ3n) is 4.13. The standard InChI is InChI=1S/C21H22N2O5S/c1-13-5-7-14(8-6-13)22-21-23-15(12-29-21)11-28-20(24)16-9-10-17(25-2)19(27-4)18(16)26-3/h5-10,12H,11H2,1-4H3,(H,22,23). The molecule has 152 valence electrons. The van der Waals surface area contributed by atoms with Gasteiger partial charge in [0.1, 0.15) is 12.2 Å². The largest absolute Gasteiger partial charge is 0.493 e. The van der Waals surface area contributed by atoms with Gasteiger partial charge in [-0.1, -0.05) is 17.7 Å². The van der Waals surface area contributed by atoms with Crippen molar-refractivity contribution in [3.05, 3.63) is 58.6 Å². The first-order valence-corrected chi connectivity index (χ1v) is 9.68. The molecule has 8 heteroatoms. The van der Waals surface area contributed by atoms with E-state index >= 15 is 0 Å². The Morgan fingerprint density at radius 3 is 2.38 bits per heavy atom. The van der Waals surface area contributed by atoms with Gasteiger partial charge >= 0.3 is 5.97 Å². The second-order valence-electron chi connectivity index (χ2n) is 6.09. The van der Waals surface area contributed by atoms with E-state index in [-0.39, 0.29) is 17.9 Å². The first-order valence-electron chi connectivity index (χ1n) is 8.80. The highest BCUT2D eigenvalue weighted by molar-refractivity contribution is 7.13. The summed E-state index contributed by atoms with van der Waals surface area (Å²) in [4.78, 5) is 17.0. The van der Waals surface area contributed by atoms with Gasteiger partial charge in [-0.2, -0.15) is 0 Å². The van der Waals surface area contributed by atoms with Crippen LogP contribution in [0, 0.1) is 6.92 Å². The quantitative estimate of drug-likeness (QED) is 0.541. The minimum atomic E-state index is -0.538. The van der Waals surface area contributed by atoms with Gasteiger partial charge in [0.15, 0.2) is 16.6 Å². The lowest BCUT2D eigenvalue weighted by atomic mass is 10.1. The molecule has 0 bridgehead atoms. The molecule has 0 radical (unpaired) electrons. The molecule has 0 unspecified atom stereocenters. The Kier molecular flexibility index (Phi) is 6.56. The predicted molar refractivity (Wildman–Crippen MR) is 112 cm³/mol. The average Bonchev–Trinajstić information content (AvgIpc) is 3.19. The van der Waals surface area contributed by atoms with Crippen LogP contribution in [-0.4, -0.2) is 32.3 Å². The summed E-state index contributed by atoms with van der Waals surface area (Å²) in [5.74, 6) is 0.524. The number of nitrogens with zero attached hydrogens (tertiary/aromatic N) is 1. The molecule has 0 amide bonds. The number of nitrogens with one attached hydrogen (secondary N) is 1. The van der Waals surface area contributed by atoms with Crippen LogP contribution >= 0.6 is 11.3 Å². The zero-order valence-corrected chi connectivity index (χ0v) is 17.5. The number of ether oxygens (including phenoxy) is 4. The first-order chi connectivity index (χ1) is 14.0. The first kappa shape index (κ1) is 20.5. The Balaban J connectivity index is 1.67. The van der Waals surface area contributed by atoms with Gasteiger partial charge in [0, 0.05) is 11.1 Å². The molecular weight excluding hydrogens is 392 g/mol. The molecule has 2 aromatic carbocycles. The van der Waals surface area contributed by atoms with Crippen molar-refractivity contribution < 1.29 is 23.7 Å². The molecule has 1 N–H and O–H groups in total. The van der Waals surface area contributed by atoms with E-state index in [1.807, 2.05) is 36.6 Å². The van der Waals surface area contributed by atoms with Crippen molar-refractivity contribution >= 4 is 28.1 Å². The van der Waals surface area contributed by atoms with Crippen LogP contribution in [0.25, 0.3) is 0 Å². The molecule has 0 fully saturated rings. The highest BCUT2D eigenvalue weighted by Crippen LogP contribution is 2.40. The molecule has 0 spiro atoms. The van der Waals surface area contributed by atoms with Crippen LogP contribution in [0.15, 0.2) is 41.8 Å². The summed E-state index contributed by atoms with van der Waals surface area (Å²) >= 11 is 1.44. The smallest absolute Gasteiger partial charge is 0.342 e. The SMILES string of the molecule is COc1ccc(C(=O)OCc2csc(Nc3ccc(C)cc3)n2)c(OC)c1OC. The maximum Gasteiger partial charge on any atom is 0.342 e. The number of aryl methyl sites for hydroxylation is 1. The highest BCUT2D eigenvalue weighted by Gasteiger charge is 2.22. The molecule has 0 aliphatic carbocycles. The Morgan fingerprint density at radius 2 is 1.72 bits per heavy atom. The van der Waals surface area contributed by atoms with Gasteiger partial charge < -0.3 is 24.3 Å². The predicted octanol–water partition coefficient (Wildman–Crippen LogP) is 4.58. The van der Waals surface area contributed by atoms with E-state index in [9.17, 15) is 4.79 Å². The van der Waals surface area contributed by atoms with Crippen LogP contribution in [0.5, 0.6) is 17.2 Å². The monoisotopic (exact) mass is 414 g/mol. The fourth-order valence-electron chi connectivity index (χ4n) is 2.67. The van der Waals surface area contributed by atoms with Gasteiger partial charge in [-0.15, -0.1) is 11.3 Å². The molecular formula is C21H22N2O5S. The Labute approximate surface area is 173 Å². The van der Waals surface area contributed by atoms with Crippen LogP contribution in [0.1, 0.15) is 21.6 Å². The fraction of sp³-hybridized carbons (Fsp3) is 0.238. The van der Waals surface area contributed by atoms with E-state index < -0.39 is 5.97 Å². The molecule has 0 atom stereocenters. The number of esters is 1. The number of methoxy groups -OCH3 is 3. The second kappa shape index (κ2) is 9.29. The summed E-state index contributed by atoms with van der Waals surface area (Å²) in [7, 11) is 4.45. The van der Waals surface area contributed by atoms with Crippen LogP contribution in [0.3, 0.4) is 0 Å². The summed E-state index contributed by atoms with van der Waals surface area (Å²) in [5, 5.41) is 5.80. The third kappa shape index (κ3) is 4.78. The van der Waals surface area contributed by atoms with Crippen molar-refractivity contribution in [1.82, 2.24) is 4.98 Å². The molecule has 0 aliphatic heterocycles. The summed E-state index contributed by atoms with van der Waals surface area (Å²) in [6.45, 7) is 2.08. The minimum Gasteiger partial charge on any atom is -0.493 e. The van der Waals surface area contributed by atoms with Crippen molar-refractivity contribution in [1.29, 1.82) is 0 Å². The summed E-state index contributed by atoms with van der Waals surface area (Å²) < 4.78 is 21.3. The van der Waals surface area contributed by atoms with Gasteiger partial charge in [0.25, 0.3) is 0 Å². The Hall–Kier alpha value is -3.26. The van der Waals surface area contributed by atoms with Crippen LogP contribution in [0.4, 0.5) is 10.8 Å². The molecule has 0 saturated heterocycles. The number of benzene rings is 2. The topological polar surface area (TPSA) is 78.9 Å². The summed E-state index contributed by atoms with van der Waals surface area (Å²) in [6.07, 6.45) is 0. The maximum atomic E-state index is 12.6. The van der Waals surface area contributed by atoms with Gasteiger partial charge in [0.2, 0.25) is 5.75 Å². The zero-order chi connectivity index (χ0) is 20.8. The number of aromatic nitrogens is 1. The number of hydrogen-bond acceptors (Lipinski definition) is 8. The molecule has 1 aromatic heterocycles. The number of thiazole rings is 1. The Bertz CT molecular complexity index is 985. The van der Waals surface area contributed by atoms with Crippen LogP contribution in [0.2, 0.25) is 0 Å². The molecule has 3 aromatic rings. The van der Waals surface area contributed by atoms with E-state index in [2.05, 4.69) is 10.3 Å². The van der Waals surface area contributed by atoms with E-state index in [1.54, 1.807) is 12.1 Å². The second-order valence-corrected chi connectivity index (χ2v) is 6.95. The van der Waals surface area contributed by atoms with E-state index in [4.69, 9.17) is 18.9 Å². The van der Waals surface area contributed by atoms with Gasteiger partial charge in [-0.25, -0.2) is 9.78 Å².